The van der Waals surface area contributed by atoms with Crippen molar-refractivity contribution in [3.63, 3.8) is 0 Å². The SMILES string of the molecule is CNS(=O)(=O)c1cccc(OC[C@@H](O)CN[C@@H]2COC3(CCN(S(=O)(=O)c4ccc(OC)c(-c5ccc(C6(N)CC6)cc5)c4)CC3)C2)c1. The van der Waals surface area contributed by atoms with Gasteiger partial charge in [-0.05, 0) is 80.6 Å². The maximum absolute atomic E-state index is 13.8. The van der Waals surface area contributed by atoms with Crippen LogP contribution in [0.2, 0.25) is 0 Å². The summed E-state index contributed by atoms with van der Waals surface area (Å²) in [4.78, 5) is 0.297. The fourth-order valence-electron chi connectivity index (χ4n) is 6.49. The number of ether oxygens (including phenoxy) is 3. The number of hydrogen-bond donors (Lipinski definition) is 4. The zero-order valence-corrected chi connectivity index (χ0v) is 28.9. The van der Waals surface area contributed by atoms with Crippen molar-refractivity contribution in [2.24, 2.45) is 5.73 Å². The lowest BCUT2D eigenvalue weighted by atomic mass is 9.88. The zero-order valence-electron chi connectivity index (χ0n) is 27.2. The number of methoxy groups -OCH3 is 1. The molecule has 3 aliphatic rings. The minimum atomic E-state index is -3.76. The Hall–Kier alpha value is -3.08. The standard InChI is InChI=1S/C34H44N4O8S2/c1-36-47(40,41)29-5-3-4-28(18-29)45-23-27(39)21-37-26-20-33(46-22-26)14-16-38(17-15-33)48(42,43)30-10-11-32(44-2)31(19-30)24-6-8-25(9-7-24)34(35)12-13-34/h3-11,18-19,26-27,36-37,39H,12-17,20-23,35H2,1-2H3/t26-,27-/m0/s1. The summed E-state index contributed by atoms with van der Waals surface area (Å²) in [6, 6.07) is 19.0. The number of aliphatic hydroxyl groups is 1. The van der Waals surface area contributed by atoms with Crippen molar-refractivity contribution in [1.82, 2.24) is 14.3 Å². The fraction of sp³-hybridized carbons (Fsp3) is 0.471. The van der Waals surface area contributed by atoms with E-state index in [1.54, 1.807) is 37.4 Å². The number of hydrogen-bond acceptors (Lipinski definition) is 10. The molecule has 0 bridgehead atoms. The zero-order chi connectivity index (χ0) is 34.2. The Labute approximate surface area is 282 Å². The molecule has 1 spiro atoms. The van der Waals surface area contributed by atoms with Crippen molar-refractivity contribution in [3.8, 4) is 22.6 Å². The first-order valence-corrected chi connectivity index (χ1v) is 19.1. The predicted octanol–water partition coefficient (Wildman–Crippen LogP) is 2.56. The highest BCUT2D eigenvalue weighted by Crippen LogP contribution is 2.44. The van der Waals surface area contributed by atoms with Gasteiger partial charge in [-0.1, -0.05) is 30.3 Å². The van der Waals surface area contributed by atoms with Crippen molar-refractivity contribution in [2.45, 2.75) is 65.2 Å². The first-order valence-electron chi connectivity index (χ1n) is 16.2. The second-order valence-corrected chi connectivity index (χ2v) is 16.8. The van der Waals surface area contributed by atoms with Crippen LogP contribution in [0.5, 0.6) is 11.5 Å². The van der Waals surface area contributed by atoms with Crippen molar-refractivity contribution in [1.29, 1.82) is 0 Å². The molecule has 0 aromatic heterocycles. The average molecular weight is 701 g/mol. The number of rotatable bonds is 13. The van der Waals surface area contributed by atoms with Crippen LogP contribution < -0.4 is 25.2 Å². The van der Waals surface area contributed by atoms with E-state index in [1.807, 2.05) is 24.3 Å². The molecule has 6 rings (SSSR count). The second-order valence-electron chi connectivity index (χ2n) is 13.0. The van der Waals surface area contributed by atoms with E-state index in [9.17, 15) is 21.9 Å². The van der Waals surface area contributed by atoms with Crippen molar-refractivity contribution in [2.75, 3.05) is 47.0 Å². The summed E-state index contributed by atoms with van der Waals surface area (Å²) in [5, 5.41) is 13.8. The quantitative estimate of drug-likeness (QED) is 0.208. The van der Waals surface area contributed by atoms with E-state index in [1.165, 1.54) is 23.5 Å². The Balaban J connectivity index is 1.01. The molecule has 260 valence electrons. The van der Waals surface area contributed by atoms with Crippen LogP contribution in [0.4, 0.5) is 0 Å². The number of benzene rings is 3. The van der Waals surface area contributed by atoms with E-state index in [-0.39, 0.29) is 34.5 Å². The van der Waals surface area contributed by atoms with Gasteiger partial charge >= 0.3 is 0 Å². The van der Waals surface area contributed by atoms with Crippen molar-refractivity contribution < 1.29 is 36.2 Å². The summed E-state index contributed by atoms with van der Waals surface area (Å²) in [5.41, 5.74) is 8.32. The van der Waals surface area contributed by atoms with Gasteiger partial charge in [-0.3, -0.25) is 0 Å². The first kappa shape index (κ1) is 34.8. The van der Waals surface area contributed by atoms with Gasteiger partial charge in [-0.2, -0.15) is 4.31 Å². The van der Waals surface area contributed by atoms with Gasteiger partial charge < -0.3 is 30.4 Å². The third-order valence-electron chi connectivity index (χ3n) is 9.68. The van der Waals surface area contributed by atoms with Gasteiger partial charge in [0.25, 0.3) is 0 Å². The maximum Gasteiger partial charge on any atom is 0.243 e. The molecule has 12 nitrogen and oxygen atoms in total. The average Bonchev–Trinajstić information content (AvgIpc) is 3.74. The summed E-state index contributed by atoms with van der Waals surface area (Å²) in [5.74, 6) is 0.936. The Morgan fingerprint density at radius 3 is 2.40 bits per heavy atom. The largest absolute Gasteiger partial charge is 0.496 e. The van der Waals surface area contributed by atoms with Crippen LogP contribution >= 0.6 is 0 Å². The highest BCUT2D eigenvalue weighted by molar-refractivity contribution is 7.89. The molecule has 0 unspecified atom stereocenters. The van der Waals surface area contributed by atoms with Gasteiger partial charge in [0.2, 0.25) is 20.0 Å². The summed E-state index contributed by atoms with van der Waals surface area (Å²) < 4.78 is 72.9. The third kappa shape index (κ3) is 7.41. The molecule has 2 atom stereocenters. The van der Waals surface area contributed by atoms with Crippen molar-refractivity contribution in [3.05, 3.63) is 72.3 Å². The molecule has 5 N–H and O–H groups in total. The topological polar surface area (TPSA) is 170 Å². The van der Waals surface area contributed by atoms with Crippen LogP contribution in [0, 0.1) is 0 Å². The molecule has 3 aromatic rings. The molecule has 0 amide bonds. The van der Waals surface area contributed by atoms with Crippen LogP contribution in [0.15, 0.2) is 76.5 Å². The number of nitrogens with one attached hydrogen (secondary N) is 2. The molecule has 14 heteroatoms. The summed E-state index contributed by atoms with van der Waals surface area (Å²) in [6.45, 7) is 1.37. The molecule has 2 aliphatic heterocycles. The molecule has 0 radical (unpaired) electrons. The Kier molecular flexibility index (Phi) is 9.91. The lowest BCUT2D eigenvalue weighted by Gasteiger charge is -2.38. The van der Waals surface area contributed by atoms with E-state index in [4.69, 9.17) is 19.9 Å². The number of piperidine rings is 1. The minimum absolute atomic E-state index is 0.00324. The number of nitrogens with zero attached hydrogens (tertiary/aromatic N) is 1. The first-order chi connectivity index (χ1) is 22.9. The van der Waals surface area contributed by atoms with E-state index >= 15 is 0 Å². The van der Waals surface area contributed by atoms with Gasteiger partial charge in [0.1, 0.15) is 24.2 Å². The summed E-state index contributed by atoms with van der Waals surface area (Å²) in [6.07, 6.45) is 2.92. The molecule has 1 saturated carbocycles. The van der Waals surface area contributed by atoms with Gasteiger partial charge in [0.15, 0.2) is 0 Å². The van der Waals surface area contributed by atoms with Crippen LogP contribution in [0.25, 0.3) is 11.1 Å². The normalized spacial score (nSPS) is 21.2. The number of sulfonamides is 2. The monoisotopic (exact) mass is 700 g/mol. The summed E-state index contributed by atoms with van der Waals surface area (Å²) in [7, 11) is -4.45. The fourth-order valence-corrected chi connectivity index (χ4v) is 8.72. The van der Waals surface area contributed by atoms with Gasteiger partial charge in [-0.15, -0.1) is 0 Å². The Bertz CT molecular complexity index is 1820. The third-order valence-corrected chi connectivity index (χ3v) is 13.0. The Morgan fingerprint density at radius 1 is 1.00 bits per heavy atom. The number of nitrogens with two attached hydrogens (primary N) is 1. The van der Waals surface area contributed by atoms with Gasteiger partial charge in [0.05, 0.1) is 29.1 Å². The summed E-state index contributed by atoms with van der Waals surface area (Å²) >= 11 is 0. The highest BCUT2D eigenvalue weighted by atomic mass is 32.2. The van der Waals surface area contributed by atoms with Crippen LogP contribution in [0.1, 0.15) is 37.7 Å². The number of aliphatic hydroxyl groups excluding tert-OH is 1. The Morgan fingerprint density at radius 2 is 1.73 bits per heavy atom. The lowest BCUT2D eigenvalue weighted by molar-refractivity contribution is -0.0312. The highest BCUT2D eigenvalue weighted by Gasteiger charge is 2.45. The van der Waals surface area contributed by atoms with Crippen molar-refractivity contribution >= 4 is 20.0 Å². The van der Waals surface area contributed by atoms with Crippen LogP contribution in [-0.4, -0.2) is 91.0 Å². The smallest absolute Gasteiger partial charge is 0.243 e. The maximum atomic E-state index is 13.8. The molecular weight excluding hydrogens is 657 g/mol. The van der Waals surface area contributed by atoms with Crippen LogP contribution in [0.3, 0.4) is 0 Å². The lowest BCUT2D eigenvalue weighted by Crippen LogP contribution is -2.47. The van der Waals surface area contributed by atoms with E-state index in [0.29, 0.717) is 56.0 Å². The molecule has 2 heterocycles. The van der Waals surface area contributed by atoms with E-state index in [0.717, 1.165) is 24.0 Å². The second kappa shape index (κ2) is 13.7. The molecule has 2 saturated heterocycles. The molecular formula is C34H44N4O8S2. The minimum Gasteiger partial charge on any atom is -0.496 e. The predicted molar refractivity (Wildman–Crippen MR) is 181 cm³/mol. The molecule has 3 aromatic carbocycles. The van der Waals surface area contributed by atoms with E-state index in [2.05, 4.69) is 10.0 Å². The van der Waals surface area contributed by atoms with E-state index < -0.39 is 31.8 Å². The van der Waals surface area contributed by atoms with Crippen LogP contribution in [-0.2, 0) is 30.3 Å². The molecule has 3 fully saturated rings. The molecule has 1 aliphatic carbocycles. The van der Waals surface area contributed by atoms with Gasteiger partial charge in [-0.25, -0.2) is 21.6 Å². The van der Waals surface area contributed by atoms with Gasteiger partial charge in [0, 0.05) is 42.8 Å². The molecule has 48 heavy (non-hydrogen) atoms.